The van der Waals surface area contributed by atoms with Gasteiger partial charge in [-0.2, -0.15) is 0 Å². The van der Waals surface area contributed by atoms with Crippen LogP contribution in [0.25, 0.3) is 10.9 Å². The third-order valence-corrected chi connectivity index (χ3v) is 3.28. The van der Waals surface area contributed by atoms with Crippen molar-refractivity contribution < 1.29 is 4.74 Å². The Morgan fingerprint density at radius 1 is 1.24 bits per heavy atom. The molecule has 1 aromatic carbocycles. The number of nitrogens with zero attached hydrogens (tertiary/aromatic N) is 2. The maximum absolute atomic E-state index is 5.82. The first kappa shape index (κ1) is 15.6. The number of hydrogen-bond donors (Lipinski definition) is 1. The van der Waals surface area contributed by atoms with E-state index in [2.05, 4.69) is 35.9 Å². The monoisotopic (exact) mass is 287 g/mol. The van der Waals surface area contributed by atoms with Crippen molar-refractivity contribution in [1.82, 2.24) is 4.98 Å². The molecule has 114 valence electrons. The second-order valence-corrected chi connectivity index (χ2v) is 5.95. The van der Waals surface area contributed by atoms with Crippen LogP contribution in [-0.2, 0) is 6.42 Å². The molecule has 2 aromatic rings. The van der Waals surface area contributed by atoms with Gasteiger partial charge in [-0.05, 0) is 36.7 Å². The normalized spacial score (nSPS) is 11.1. The molecule has 0 saturated heterocycles. The number of nitrogens with two attached hydrogens (primary N) is 1. The molecule has 2 N–H and O–H groups in total. The van der Waals surface area contributed by atoms with Crippen LogP contribution in [0.4, 0.5) is 5.69 Å². The number of fused-ring (bicyclic) bond motifs is 1. The van der Waals surface area contributed by atoms with Crippen LogP contribution in [-0.4, -0.2) is 32.2 Å². The van der Waals surface area contributed by atoms with Gasteiger partial charge in [0.25, 0.3) is 0 Å². The molecule has 0 atom stereocenters. The molecule has 21 heavy (non-hydrogen) atoms. The zero-order valence-electron chi connectivity index (χ0n) is 13.4. The fraction of sp³-hybridized carbons (Fsp3) is 0.471. The van der Waals surface area contributed by atoms with Gasteiger partial charge >= 0.3 is 0 Å². The zero-order valence-corrected chi connectivity index (χ0v) is 13.4. The van der Waals surface area contributed by atoms with Crippen LogP contribution >= 0.6 is 0 Å². The second-order valence-electron chi connectivity index (χ2n) is 5.95. The number of rotatable bonds is 6. The molecule has 0 radical (unpaired) electrons. The highest BCUT2D eigenvalue weighted by molar-refractivity contribution is 5.92. The number of pyridine rings is 1. The van der Waals surface area contributed by atoms with E-state index in [-0.39, 0.29) is 0 Å². The highest BCUT2D eigenvalue weighted by atomic mass is 16.5. The fourth-order valence-corrected chi connectivity index (χ4v) is 2.24. The molecule has 2 rings (SSSR count). The van der Waals surface area contributed by atoms with E-state index >= 15 is 0 Å². The summed E-state index contributed by atoms with van der Waals surface area (Å²) < 4.78 is 5.82. The van der Waals surface area contributed by atoms with E-state index in [0.29, 0.717) is 12.5 Å². The third kappa shape index (κ3) is 3.85. The van der Waals surface area contributed by atoms with E-state index in [9.17, 15) is 0 Å². The summed E-state index contributed by atoms with van der Waals surface area (Å²) in [6, 6.07) is 8.20. The van der Waals surface area contributed by atoms with Crippen molar-refractivity contribution in [3.05, 3.63) is 30.0 Å². The first-order valence-electron chi connectivity index (χ1n) is 7.45. The largest absolute Gasteiger partial charge is 0.493 e. The summed E-state index contributed by atoms with van der Waals surface area (Å²) in [7, 11) is 4.09. The SMILES string of the molecule is CC(C)COc1ccc2nc(CCN)cc(N(C)C)c2c1. The first-order valence-corrected chi connectivity index (χ1v) is 7.45. The summed E-state index contributed by atoms with van der Waals surface area (Å²) in [5, 5.41) is 1.11. The summed E-state index contributed by atoms with van der Waals surface area (Å²) in [6.07, 6.45) is 0.794. The van der Waals surface area contributed by atoms with Crippen LogP contribution in [0.1, 0.15) is 19.5 Å². The molecule has 0 aliphatic heterocycles. The molecule has 1 aromatic heterocycles. The molecule has 0 spiro atoms. The van der Waals surface area contributed by atoms with Crippen LogP contribution in [0.15, 0.2) is 24.3 Å². The summed E-state index contributed by atoms with van der Waals surface area (Å²) in [4.78, 5) is 6.79. The predicted octanol–water partition coefficient (Wildman–Crippen LogP) is 2.84. The maximum atomic E-state index is 5.82. The number of aromatic nitrogens is 1. The molecular weight excluding hydrogens is 262 g/mol. The van der Waals surface area contributed by atoms with Gasteiger partial charge in [-0.3, -0.25) is 4.98 Å². The Hall–Kier alpha value is -1.81. The minimum atomic E-state index is 0.513. The van der Waals surface area contributed by atoms with Crippen molar-refractivity contribution in [2.75, 3.05) is 32.1 Å². The molecule has 0 saturated carbocycles. The molecule has 0 aliphatic rings. The van der Waals surface area contributed by atoms with E-state index in [1.165, 1.54) is 0 Å². The Morgan fingerprint density at radius 3 is 2.62 bits per heavy atom. The Labute approximate surface area is 126 Å². The highest BCUT2D eigenvalue weighted by Crippen LogP contribution is 2.29. The van der Waals surface area contributed by atoms with Gasteiger partial charge < -0.3 is 15.4 Å². The lowest BCUT2D eigenvalue weighted by Gasteiger charge is -2.18. The molecule has 4 nitrogen and oxygen atoms in total. The molecule has 0 unspecified atom stereocenters. The van der Waals surface area contributed by atoms with E-state index in [1.807, 2.05) is 26.2 Å². The standard InChI is InChI=1S/C17H25N3O/c1-12(2)11-21-14-5-6-16-15(10-14)17(20(3)4)9-13(19-16)7-8-18/h5-6,9-10,12H,7-8,11,18H2,1-4H3. The third-order valence-electron chi connectivity index (χ3n) is 3.28. The Bertz CT molecular complexity index is 608. The summed E-state index contributed by atoms with van der Waals surface area (Å²) in [5.74, 6) is 1.41. The van der Waals surface area contributed by atoms with Crippen molar-refractivity contribution in [1.29, 1.82) is 0 Å². The number of hydrogen-bond acceptors (Lipinski definition) is 4. The molecule has 0 amide bonds. The summed E-state index contributed by atoms with van der Waals surface area (Å²) >= 11 is 0. The van der Waals surface area contributed by atoms with E-state index in [1.54, 1.807) is 0 Å². The van der Waals surface area contributed by atoms with Gasteiger partial charge in [-0.1, -0.05) is 13.8 Å². The Morgan fingerprint density at radius 2 is 2.00 bits per heavy atom. The highest BCUT2D eigenvalue weighted by Gasteiger charge is 2.09. The zero-order chi connectivity index (χ0) is 15.4. The van der Waals surface area contributed by atoms with Crippen molar-refractivity contribution in [3.8, 4) is 5.75 Å². The van der Waals surface area contributed by atoms with E-state index < -0.39 is 0 Å². The Balaban J connectivity index is 2.44. The van der Waals surface area contributed by atoms with Crippen LogP contribution in [0.3, 0.4) is 0 Å². The van der Waals surface area contributed by atoms with E-state index in [0.717, 1.165) is 41.1 Å². The fourth-order valence-electron chi connectivity index (χ4n) is 2.24. The van der Waals surface area contributed by atoms with Crippen molar-refractivity contribution in [2.45, 2.75) is 20.3 Å². The summed E-state index contributed by atoms with van der Waals surface area (Å²) in [6.45, 7) is 5.63. The topological polar surface area (TPSA) is 51.4 Å². The van der Waals surface area contributed by atoms with Gasteiger partial charge in [0.15, 0.2) is 0 Å². The van der Waals surface area contributed by atoms with E-state index in [4.69, 9.17) is 10.5 Å². The number of ether oxygens (including phenoxy) is 1. The lowest BCUT2D eigenvalue weighted by molar-refractivity contribution is 0.271. The molecule has 0 aliphatic carbocycles. The molecular formula is C17H25N3O. The second kappa shape index (κ2) is 6.76. The number of anilines is 1. The van der Waals surface area contributed by atoms with Gasteiger partial charge in [-0.15, -0.1) is 0 Å². The Kier molecular flexibility index (Phi) is 5.02. The molecule has 0 bridgehead atoms. The van der Waals surface area contributed by atoms with Crippen LogP contribution in [0.2, 0.25) is 0 Å². The smallest absolute Gasteiger partial charge is 0.120 e. The summed E-state index contributed by atoms with van der Waals surface area (Å²) in [5.41, 5.74) is 8.82. The van der Waals surface area contributed by atoms with Gasteiger partial charge in [-0.25, -0.2) is 0 Å². The lowest BCUT2D eigenvalue weighted by atomic mass is 10.1. The van der Waals surface area contributed by atoms with Gasteiger partial charge in [0.05, 0.1) is 12.1 Å². The van der Waals surface area contributed by atoms with Crippen molar-refractivity contribution >= 4 is 16.6 Å². The van der Waals surface area contributed by atoms with Crippen molar-refractivity contribution in [3.63, 3.8) is 0 Å². The minimum absolute atomic E-state index is 0.513. The number of benzene rings is 1. The average Bonchev–Trinajstić information content (AvgIpc) is 2.44. The minimum Gasteiger partial charge on any atom is -0.493 e. The average molecular weight is 287 g/mol. The van der Waals surface area contributed by atoms with Gasteiger partial charge in [0, 0.05) is 37.3 Å². The van der Waals surface area contributed by atoms with Crippen molar-refractivity contribution in [2.24, 2.45) is 11.7 Å². The molecule has 0 fully saturated rings. The first-order chi connectivity index (χ1) is 10.0. The van der Waals surface area contributed by atoms with Crippen LogP contribution in [0.5, 0.6) is 5.75 Å². The molecule has 4 heteroatoms. The quantitative estimate of drug-likeness (QED) is 0.887. The van der Waals surface area contributed by atoms with Gasteiger partial charge in [0.1, 0.15) is 5.75 Å². The predicted molar refractivity (Wildman–Crippen MR) is 89.2 cm³/mol. The molecule has 1 heterocycles. The van der Waals surface area contributed by atoms with Crippen LogP contribution in [0, 0.1) is 5.92 Å². The lowest BCUT2D eigenvalue weighted by Crippen LogP contribution is -2.12. The van der Waals surface area contributed by atoms with Gasteiger partial charge in [0.2, 0.25) is 0 Å². The maximum Gasteiger partial charge on any atom is 0.120 e. The van der Waals surface area contributed by atoms with Crippen LogP contribution < -0.4 is 15.4 Å².